The molecule has 106 valence electrons. The van der Waals surface area contributed by atoms with Crippen molar-refractivity contribution in [2.75, 3.05) is 0 Å². The van der Waals surface area contributed by atoms with Gasteiger partial charge < -0.3 is 31.9 Å². The van der Waals surface area contributed by atoms with Gasteiger partial charge >= 0.3 is 11.9 Å². The summed E-state index contributed by atoms with van der Waals surface area (Å²) in [5, 5.41) is 32.5. The lowest BCUT2D eigenvalue weighted by Gasteiger charge is -2.24. The maximum absolute atomic E-state index is 9.77. The van der Waals surface area contributed by atoms with E-state index < -0.39 is 24.1 Å². The molecule has 0 unspecified atom stereocenters. The zero-order valence-electron chi connectivity index (χ0n) is 9.90. The van der Waals surface area contributed by atoms with Gasteiger partial charge in [-0.1, -0.05) is 12.8 Å². The predicted molar refractivity (Wildman–Crippen MR) is 61.7 cm³/mol. The molecular formula is C10H20N2O6. The van der Waals surface area contributed by atoms with Gasteiger partial charge in [-0.2, -0.15) is 0 Å². The highest BCUT2D eigenvalue weighted by Crippen LogP contribution is 2.14. The van der Waals surface area contributed by atoms with Crippen molar-refractivity contribution in [1.82, 2.24) is 0 Å². The first-order chi connectivity index (χ1) is 8.27. The van der Waals surface area contributed by atoms with Crippen LogP contribution in [-0.4, -0.2) is 56.7 Å². The number of carbonyl (C=O) groups is 2. The molecule has 1 rings (SSSR count). The van der Waals surface area contributed by atoms with Gasteiger partial charge in [0.1, 0.15) is 0 Å². The molecular weight excluding hydrogens is 244 g/mol. The van der Waals surface area contributed by atoms with Crippen LogP contribution in [0, 0.1) is 0 Å². The number of carboxylic acids is 2. The van der Waals surface area contributed by atoms with Crippen molar-refractivity contribution in [3.05, 3.63) is 0 Å². The average molecular weight is 264 g/mol. The molecule has 8 N–H and O–H groups in total. The van der Waals surface area contributed by atoms with Gasteiger partial charge in [0.15, 0.2) is 12.2 Å². The standard InChI is InChI=1S/C6H14N2.C4H6O6/c7-5-3-1-2-4-6(5)8;5-1(3(7)8)2(6)4(9)10/h5-6H,1-4,7-8H2;1-2,5-6H,(H,7,8)(H,9,10)/t5-,6-;1-,2-/m01/s1. The van der Waals surface area contributed by atoms with Crippen LogP contribution in [0.25, 0.3) is 0 Å². The zero-order chi connectivity index (χ0) is 14.3. The Morgan fingerprint density at radius 1 is 0.889 bits per heavy atom. The minimum atomic E-state index is -2.27. The molecule has 0 saturated heterocycles. The van der Waals surface area contributed by atoms with Crippen LogP contribution in [0.15, 0.2) is 0 Å². The normalized spacial score (nSPS) is 26.4. The molecule has 8 heteroatoms. The monoisotopic (exact) mass is 264 g/mol. The van der Waals surface area contributed by atoms with Gasteiger partial charge in [-0.05, 0) is 12.8 Å². The minimum Gasteiger partial charge on any atom is -0.479 e. The van der Waals surface area contributed by atoms with E-state index >= 15 is 0 Å². The molecule has 0 aliphatic heterocycles. The van der Waals surface area contributed by atoms with E-state index in [9.17, 15) is 9.59 Å². The fourth-order valence-electron chi connectivity index (χ4n) is 1.46. The van der Waals surface area contributed by atoms with Crippen molar-refractivity contribution in [1.29, 1.82) is 0 Å². The summed E-state index contributed by atoms with van der Waals surface area (Å²) < 4.78 is 0. The molecule has 1 fully saturated rings. The van der Waals surface area contributed by atoms with E-state index in [0.717, 1.165) is 12.8 Å². The number of aliphatic hydroxyl groups is 2. The van der Waals surface area contributed by atoms with Crippen molar-refractivity contribution < 1.29 is 30.0 Å². The first-order valence-electron chi connectivity index (χ1n) is 5.60. The van der Waals surface area contributed by atoms with E-state index in [1.54, 1.807) is 0 Å². The summed E-state index contributed by atoms with van der Waals surface area (Å²) in [5.74, 6) is -3.54. The molecule has 1 saturated carbocycles. The topological polar surface area (TPSA) is 167 Å². The number of carboxylic acid groups (broad SMARTS) is 2. The minimum absolute atomic E-state index is 0.281. The van der Waals surface area contributed by atoms with Crippen LogP contribution in [0.3, 0.4) is 0 Å². The molecule has 18 heavy (non-hydrogen) atoms. The van der Waals surface area contributed by atoms with Crippen molar-refractivity contribution in [2.24, 2.45) is 11.5 Å². The van der Waals surface area contributed by atoms with E-state index in [0.29, 0.717) is 0 Å². The molecule has 0 aromatic heterocycles. The van der Waals surface area contributed by atoms with Crippen LogP contribution in [0.1, 0.15) is 25.7 Å². The summed E-state index contributed by atoms with van der Waals surface area (Å²) in [6.45, 7) is 0. The third kappa shape index (κ3) is 5.92. The Labute approximate surface area is 104 Å². The van der Waals surface area contributed by atoms with E-state index in [1.807, 2.05) is 0 Å². The molecule has 1 aliphatic carbocycles. The zero-order valence-corrected chi connectivity index (χ0v) is 9.90. The van der Waals surface area contributed by atoms with Crippen LogP contribution < -0.4 is 11.5 Å². The SMILES string of the molecule is N[C@H]1CCCC[C@@H]1N.O=C(O)[C@H](O)[C@@H](O)C(=O)O. The van der Waals surface area contributed by atoms with E-state index in [4.69, 9.17) is 31.9 Å². The fourth-order valence-corrected chi connectivity index (χ4v) is 1.46. The summed E-state index contributed by atoms with van der Waals surface area (Å²) >= 11 is 0. The van der Waals surface area contributed by atoms with Gasteiger partial charge in [-0.25, -0.2) is 9.59 Å². The number of aliphatic hydroxyl groups excluding tert-OH is 2. The Morgan fingerprint density at radius 2 is 1.17 bits per heavy atom. The Kier molecular flexibility index (Phi) is 7.44. The summed E-state index contributed by atoms with van der Waals surface area (Å²) in [6.07, 6.45) is 0.265. The summed E-state index contributed by atoms with van der Waals surface area (Å²) in [4.78, 5) is 19.5. The third-order valence-electron chi connectivity index (χ3n) is 2.68. The van der Waals surface area contributed by atoms with Crippen LogP contribution >= 0.6 is 0 Å². The molecule has 0 aromatic rings. The van der Waals surface area contributed by atoms with Gasteiger partial charge in [-0.3, -0.25) is 0 Å². The highest BCUT2D eigenvalue weighted by Gasteiger charge is 2.29. The van der Waals surface area contributed by atoms with Gasteiger partial charge in [0.25, 0.3) is 0 Å². The highest BCUT2D eigenvalue weighted by atomic mass is 16.4. The smallest absolute Gasteiger partial charge is 0.335 e. The summed E-state index contributed by atoms with van der Waals surface area (Å²) in [7, 11) is 0. The molecule has 1 aliphatic rings. The Hall–Kier alpha value is -1.22. The Morgan fingerprint density at radius 3 is 1.33 bits per heavy atom. The maximum Gasteiger partial charge on any atom is 0.335 e. The molecule has 0 radical (unpaired) electrons. The van der Waals surface area contributed by atoms with Crippen molar-refractivity contribution >= 4 is 11.9 Å². The van der Waals surface area contributed by atoms with Crippen molar-refractivity contribution in [3.8, 4) is 0 Å². The van der Waals surface area contributed by atoms with Crippen molar-refractivity contribution in [2.45, 2.75) is 50.0 Å². The van der Waals surface area contributed by atoms with E-state index in [-0.39, 0.29) is 12.1 Å². The Balaban J connectivity index is 0.000000327. The lowest BCUT2D eigenvalue weighted by Crippen LogP contribution is -2.43. The third-order valence-corrected chi connectivity index (χ3v) is 2.68. The first-order valence-corrected chi connectivity index (χ1v) is 5.60. The lowest BCUT2D eigenvalue weighted by molar-refractivity contribution is -0.165. The summed E-state index contributed by atoms with van der Waals surface area (Å²) in [6, 6.07) is 0.562. The van der Waals surface area contributed by atoms with Crippen LogP contribution in [0.2, 0.25) is 0 Å². The van der Waals surface area contributed by atoms with Crippen LogP contribution in [-0.2, 0) is 9.59 Å². The second kappa shape index (κ2) is 7.98. The molecule has 0 aromatic carbocycles. The molecule has 0 spiro atoms. The van der Waals surface area contributed by atoms with E-state index in [2.05, 4.69) is 0 Å². The molecule has 0 bridgehead atoms. The van der Waals surface area contributed by atoms with Gasteiger partial charge in [-0.15, -0.1) is 0 Å². The largest absolute Gasteiger partial charge is 0.479 e. The second-order valence-corrected chi connectivity index (χ2v) is 4.18. The first kappa shape index (κ1) is 16.8. The number of hydrogen-bond acceptors (Lipinski definition) is 6. The fraction of sp³-hybridized carbons (Fsp3) is 0.800. The number of nitrogens with two attached hydrogens (primary N) is 2. The van der Waals surface area contributed by atoms with Gasteiger partial charge in [0, 0.05) is 12.1 Å². The average Bonchev–Trinajstić information content (AvgIpc) is 2.31. The quantitative estimate of drug-likeness (QED) is 0.343. The predicted octanol–water partition coefficient (Wildman–Crippen LogP) is -1.91. The molecule has 4 atom stereocenters. The molecule has 8 nitrogen and oxygen atoms in total. The lowest BCUT2D eigenvalue weighted by atomic mass is 9.92. The number of rotatable bonds is 3. The van der Waals surface area contributed by atoms with Crippen LogP contribution in [0.5, 0.6) is 0 Å². The summed E-state index contributed by atoms with van der Waals surface area (Å²) in [5.41, 5.74) is 11.3. The highest BCUT2D eigenvalue weighted by molar-refractivity contribution is 5.83. The maximum atomic E-state index is 9.77. The van der Waals surface area contributed by atoms with Gasteiger partial charge in [0.05, 0.1) is 0 Å². The Bertz CT molecular complexity index is 258. The van der Waals surface area contributed by atoms with Gasteiger partial charge in [0.2, 0.25) is 0 Å². The molecule has 0 heterocycles. The van der Waals surface area contributed by atoms with E-state index in [1.165, 1.54) is 12.8 Å². The number of aliphatic carboxylic acids is 2. The second-order valence-electron chi connectivity index (χ2n) is 4.18. The number of hydrogen-bond donors (Lipinski definition) is 6. The molecule has 0 amide bonds. The van der Waals surface area contributed by atoms with Crippen LogP contribution in [0.4, 0.5) is 0 Å². The van der Waals surface area contributed by atoms with Crippen molar-refractivity contribution in [3.63, 3.8) is 0 Å².